The Kier molecular flexibility index (Phi) is 5.72. The second-order valence-corrected chi connectivity index (χ2v) is 4.33. The molecule has 0 bridgehead atoms. The summed E-state index contributed by atoms with van der Waals surface area (Å²) in [5, 5.41) is 3.74. The molecule has 0 aliphatic carbocycles. The molecule has 19 heavy (non-hydrogen) atoms. The molecule has 0 atom stereocenters. The van der Waals surface area contributed by atoms with E-state index in [0.29, 0.717) is 13.1 Å². The molecular weight excluding hydrogens is 254 g/mol. The molecule has 7 heteroatoms. The predicted octanol–water partition coefficient (Wildman–Crippen LogP) is 1.99. The Bertz CT molecular complexity index is 414. The summed E-state index contributed by atoms with van der Waals surface area (Å²) in [5.74, 6) is -0.246. The number of hydrogen-bond donors (Lipinski definition) is 1. The van der Waals surface area contributed by atoms with Crippen molar-refractivity contribution in [3.05, 3.63) is 11.8 Å². The molecule has 0 aliphatic heterocycles. The molecule has 0 aliphatic rings. The zero-order valence-corrected chi connectivity index (χ0v) is 11.3. The fourth-order valence-electron chi connectivity index (χ4n) is 1.86. The van der Waals surface area contributed by atoms with Crippen molar-refractivity contribution < 1.29 is 13.6 Å². The molecule has 1 rings (SSSR count). The van der Waals surface area contributed by atoms with Crippen molar-refractivity contribution in [2.24, 2.45) is 0 Å². The van der Waals surface area contributed by atoms with E-state index in [1.807, 2.05) is 13.8 Å². The summed E-state index contributed by atoms with van der Waals surface area (Å²) in [7, 11) is 0. The van der Waals surface area contributed by atoms with E-state index in [0.717, 1.165) is 17.5 Å². The third-order valence-corrected chi connectivity index (χ3v) is 2.62. The van der Waals surface area contributed by atoms with Crippen LogP contribution >= 0.6 is 0 Å². The Hall–Kier alpha value is -1.66. The summed E-state index contributed by atoms with van der Waals surface area (Å²) < 4.78 is 25.5. The Morgan fingerprint density at radius 2 is 2.00 bits per heavy atom. The molecule has 1 heterocycles. The van der Waals surface area contributed by atoms with Gasteiger partial charge in [-0.1, -0.05) is 13.8 Å². The SMILES string of the molecule is CCCN(CCC)C(=O)c1cn(CC(F)F)nc1N. The first-order valence-corrected chi connectivity index (χ1v) is 6.39. The van der Waals surface area contributed by atoms with Crippen molar-refractivity contribution in [1.29, 1.82) is 0 Å². The molecule has 0 saturated heterocycles. The van der Waals surface area contributed by atoms with Crippen LogP contribution in [0.25, 0.3) is 0 Å². The minimum atomic E-state index is -2.52. The zero-order chi connectivity index (χ0) is 14.4. The van der Waals surface area contributed by atoms with Crippen LogP contribution in [0.2, 0.25) is 0 Å². The molecule has 0 unspecified atom stereocenters. The number of anilines is 1. The Morgan fingerprint density at radius 3 is 2.47 bits per heavy atom. The van der Waals surface area contributed by atoms with Crippen LogP contribution in [0.4, 0.5) is 14.6 Å². The van der Waals surface area contributed by atoms with Gasteiger partial charge in [-0.15, -0.1) is 0 Å². The van der Waals surface area contributed by atoms with E-state index in [-0.39, 0.29) is 17.3 Å². The average Bonchev–Trinajstić information content (AvgIpc) is 2.68. The molecule has 108 valence electrons. The van der Waals surface area contributed by atoms with Crippen molar-refractivity contribution >= 4 is 11.7 Å². The van der Waals surface area contributed by atoms with Gasteiger partial charge in [-0.05, 0) is 12.8 Å². The minimum absolute atomic E-state index is 0.00264. The lowest BCUT2D eigenvalue weighted by atomic mass is 10.2. The standard InChI is InChI=1S/C12H20F2N4O/c1-3-5-17(6-4-2)12(19)9-7-18(8-10(13)14)16-11(9)15/h7,10H,3-6,8H2,1-2H3,(H2,15,16). The lowest BCUT2D eigenvalue weighted by Crippen LogP contribution is -2.32. The quantitative estimate of drug-likeness (QED) is 0.827. The van der Waals surface area contributed by atoms with Gasteiger partial charge in [0.1, 0.15) is 12.1 Å². The van der Waals surface area contributed by atoms with Gasteiger partial charge in [0, 0.05) is 19.3 Å². The van der Waals surface area contributed by atoms with Crippen molar-refractivity contribution in [3.63, 3.8) is 0 Å². The van der Waals surface area contributed by atoms with Crippen LogP contribution in [-0.4, -0.2) is 40.1 Å². The van der Waals surface area contributed by atoms with E-state index >= 15 is 0 Å². The van der Waals surface area contributed by atoms with Crippen LogP contribution in [0.3, 0.4) is 0 Å². The molecule has 1 aromatic heterocycles. The molecule has 0 saturated carbocycles. The Morgan fingerprint density at radius 1 is 1.42 bits per heavy atom. The monoisotopic (exact) mass is 274 g/mol. The third-order valence-electron chi connectivity index (χ3n) is 2.62. The molecule has 0 spiro atoms. The molecular formula is C12H20F2N4O. The van der Waals surface area contributed by atoms with Crippen LogP contribution in [0, 0.1) is 0 Å². The average molecular weight is 274 g/mol. The number of amides is 1. The lowest BCUT2D eigenvalue weighted by Gasteiger charge is -2.20. The maximum absolute atomic E-state index is 12.3. The van der Waals surface area contributed by atoms with Crippen molar-refractivity contribution in [3.8, 4) is 0 Å². The van der Waals surface area contributed by atoms with Crippen LogP contribution < -0.4 is 5.73 Å². The maximum atomic E-state index is 12.3. The normalized spacial score (nSPS) is 11.0. The summed E-state index contributed by atoms with van der Waals surface area (Å²) in [4.78, 5) is 13.9. The highest BCUT2D eigenvalue weighted by atomic mass is 19.3. The highest BCUT2D eigenvalue weighted by Gasteiger charge is 2.20. The van der Waals surface area contributed by atoms with Gasteiger partial charge in [-0.3, -0.25) is 9.48 Å². The maximum Gasteiger partial charge on any atom is 0.259 e. The number of aromatic nitrogens is 2. The number of alkyl halides is 2. The fourth-order valence-corrected chi connectivity index (χ4v) is 1.86. The van der Waals surface area contributed by atoms with Crippen LogP contribution in [0.15, 0.2) is 6.20 Å². The van der Waals surface area contributed by atoms with E-state index in [1.165, 1.54) is 6.20 Å². The van der Waals surface area contributed by atoms with Crippen LogP contribution in [0.1, 0.15) is 37.0 Å². The van der Waals surface area contributed by atoms with E-state index < -0.39 is 13.0 Å². The topological polar surface area (TPSA) is 64.2 Å². The first-order chi connectivity index (χ1) is 8.99. The first kappa shape index (κ1) is 15.4. The highest BCUT2D eigenvalue weighted by molar-refractivity contribution is 5.98. The van der Waals surface area contributed by atoms with Crippen LogP contribution in [0.5, 0.6) is 0 Å². The van der Waals surface area contributed by atoms with Gasteiger partial charge in [-0.25, -0.2) is 8.78 Å². The van der Waals surface area contributed by atoms with Crippen molar-refractivity contribution in [2.75, 3.05) is 18.8 Å². The van der Waals surface area contributed by atoms with Gasteiger partial charge in [0.25, 0.3) is 12.3 Å². The first-order valence-electron chi connectivity index (χ1n) is 6.39. The number of hydrogen-bond acceptors (Lipinski definition) is 3. The number of rotatable bonds is 7. The largest absolute Gasteiger partial charge is 0.382 e. The summed E-state index contributed by atoms with van der Waals surface area (Å²) in [5.41, 5.74) is 5.82. The van der Waals surface area contributed by atoms with Crippen molar-refractivity contribution in [2.45, 2.75) is 39.7 Å². The van der Waals surface area contributed by atoms with Crippen LogP contribution in [-0.2, 0) is 6.54 Å². The molecule has 0 radical (unpaired) electrons. The molecule has 0 aromatic carbocycles. The summed E-state index contributed by atoms with van der Waals surface area (Å²) in [6.07, 6.45) is 0.431. The van der Waals surface area contributed by atoms with Gasteiger partial charge in [0.2, 0.25) is 0 Å². The third kappa shape index (κ3) is 4.18. The Labute approximate surface area is 111 Å². The second kappa shape index (κ2) is 7.06. The predicted molar refractivity (Wildman–Crippen MR) is 69.1 cm³/mol. The summed E-state index contributed by atoms with van der Waals surface area (Å²) >= 11 is 0. The summed E-state index contributed by atoms with van der Waals surface area (Å²) in [6, 6.07) is 0. The van der Waals surface area contributed by atoms with E-state index in [4.69, 9.17) is 5.73 Å². The van der Waals surface area contributed by atoms with Gasteiger partial charge < -0.3 is 10.6 Å². The Balaban J connectivity index is 2.87. The number of nitrogen functional groups attached to an aromatic ring is 1. The number of nitrogens with two attached hydrogens (primary N) is 1. The summed E-state index contributed by atoms with van der Waals surface area (Å²) in [6.45, 7) is 4.62. The van der Waals surface area contributed by atoms with Crippen molar-refractivity contribution in [1.82, 2.24) is 14.7 Å². The minimum Gasteiger partial charge on any atom is -0.382 e. The molecule has 2 N–H and O–H groups in total. The second-order valence-electron chi connectivity index (χ2n) is 4.33. The lowest BCUT2D eigenvalue weighted by molar-refractivity contribution is 0.0755. The number of nitrogens with zero attached hydrogens (tertiary/aromatic N) is 3. The number of carbonyl (C=O) groups excluding carboxylic acids is 1. The number of halogens is 2. The van der Waals surface area contributed by atoms with E-state index in [9.17, 15) is 13.6 Å². The fraction of sp³-hybridized carbons (Fsp3) is 0.667. The van der Waals surface area contributed by atoms with Gasteiger partial charge in [0.05, 0.1) is 0 Å². The zero-order valence-electron chi connectivity index (χ0n) is 11.3. The molecule has 1 amide bonds. The molecule has 5 nitrogen and oxygen atoms in total. The molecule has 0 fully saturated rings. The van der Waals surface area contributed by atoms with Gasteiger partial charge >= 0.3 is 0 Å². The number of carbonyl (C=O) groups is 1. The highest BCUT2D eigenvalue weighted by Crippen LogP contribution is 2.14. The smallest absolute Gasteiger partial charge is 0.259 e. The van der Waals surface area contributed by atoms with Gasteiger partial charge in [0.15, 0.2) is 5.82 Å². The molecule has 1 aromatic rings. The van der Waals surface area contributed by atoms with E-state index in [1.54, 1.807) is 4.90 Å². The van der Waals surface area contributed by atoms with E-state index in [2.05, 4.69) is 5.10 Å². The van der Waals surface area contributed by atoms with Gasteiger partial charge in [-0.2, -0.15) is 5.10 Å².